The molecular weight excluding hydrogens is 363 g/mol. The Labute approximate surface area is 167 Å². The predicted molar refractivity (Wildman–Crippen MR) is 114 cm³/mol. The third-order valence-electron chi connectivity index (χ3n) is 5.35. The number of hydrogen-bond donors (Lipinski definition) is 0. The quantitative estimate of drug-likeness (QED) is 0.338. The van der Waals surface area contributed by atoms with E-state index in [1.807, 2.05) is 50.2 Å². The Bertz CT molecular complexity index is 1380. The Morgan fingerprint density at radius 3 is 2.38 bits per heavy atom. The van der Waals surface area contributed by atoms with Crippen molar-refractivity contribution >= 4 is 22.1 Å². The molecule has 0 fully saturated rings. The second kappa shape index (κ2) is 6.52. The Morgan fingerprint density at radius 2 is 1.59 bits per heavy atom. The standard InChI is InChI=1S/C25H19FN2O/c1-14-10-15(2)23(16(3)11-14)20-12-22(28-13-21(20)26)19-7-4-6-17-18-8-5-9-27-25(18)29-24(17)19/h4-13H,1-3H3. The van der Waals surface area contributed by atoms with E-state index < -0.39 is 0 Å². The lowest BCUT2D eigenvalue weighted by atomic mass is 9.93. The Balaban J connectivity index is 1.76. The van der Waals surface area contributed by atoms with Gasteiger partial charge in [-0.15, -0.1) is 0 Å². The predicted octanol–water partition coefficient (Wildman–Crippen LogP) is 6.77. The molecule has 3 aromatic heterocycles. The first-order valence-corrected chi connectivity index (χ1v) is 9.53. The van der Waals surface area contributed by atoms with Crippen LogP contribution < -0.4 is 0 Å². The van der Waals surface area contributed by atoms with Crippen LogP contribution in [0.5, 0.6) is 0 Å². The van der Waals surface area contributed by atoms with Crippen molar-refractivity contribution in [2.24, 2.45) is 0 Å². The van der Waals surface area contributed by atoms with E-state index >= 15 is 0 Å². The van der Waals surface area contributed by atoms with Crippen molar-refractivity contribution in [3.8, 4) is 22.4 Å². The van der Waals surface area contributed by atoms with Gasteiger partial charge in [-0.1, -0.05) is 29.8 Å². The molecule has 0 amide bonds. The number of fused-ring (bicyclic) bond motifs is 3. The minimum absolute atomic E-state index is 0.331. The fraction of sp³-hybridized carbons (Fsp3) is 0.120. The summed E-state index contributed by atoms with van der Waals surface area (Å²) in [5, 5.41) is 1.93. The average Bonchev–Trinajstić information content (AvgIpc) is 3.07. The second-order valence-corrected chi connectivity index (χ2v) is 7.46. The molecule has 0 unspecified atom stereocenters. The largest absolute Gasteiger partial charge is 0.437 e. The van der Waals surface area contributed by atoms with Gasteiger partial charge in [-0.3, -0.25) is 4.98 Å². The van der Waals surface area contributed by atoms with Gasteiger partial charge in [0.05, 0.1) is 11.9 Å². The van der Waals surface area contributed by atoms with Crippen molar-refractivity contribution in [1.82, 2.24) is 9.97 Å². The van der Waals surface area contributed by atoms with Crippen LogP contribution in [0, 0.1) is 26.6 Å². The highest BCUT2D eigenvalue weighted by atomic mass is 19.1. The molecule has 0 N–H and O–H groups in total. The van der Waals surface area contributed by atoms with Crippen LogP contribution in [-0.4, -0.2) is 9.97 Å². The molecule has 142 valence electrons. The number of benzene rings is 2. The minimum Gasteiger partial charge on any atom is -0.437 e. The maximum atomic E-state index is 14.8. The summed E-state index contributed by atoms with van der Waals surface area (Å²) in [6.45, 7) is 6.08. The van der Waals surface area contributed by atoms with Crippen LogP contribution in [0.1, 0.15) is 16.7 Å². The summed E-state index contributed by atoms with van der Waals surface area (Å²) in [4.78, 5) is 8.69. The molecule has 0 saturated carbocycles. The summed E-state index contributed by atoms with van der Waals surface area (Å²) in [6, 6.07) is 15.8. The van der Waals surface area contributed by atoms with Gasteiger partial charge in [-0.05, 0) is 61.7 Å². The van der Waals surface area contributed by atoms with Crippen molar-refractivity contribution in [3.63, 3.8) is 0 Å². The maximum absolute atomic E-state index is 14.8. The van der Waals surface area contributed by atoms with Gasteiger partial charge >= 0.3 is 0 Å². The van der Waals surface area contributed by atoms with Crippen molar-refractivity contribution in [3.05, 3.63) is 83.4 Å². The number of furan rings is 1. The summed E-state index contributed by atoms with van der Waals surface area (Å²) in [5.41, 5.74) is 7.51. The molecule has 0 aliphatic heterocycles. The molecule has 5 rings (SSSR count). The first-order valence-electron chi connectivity index (χ1n) is 9.53. The summed E-state index contributed by atoms with van der Waals surface area (Å²) in [7, 11) is 0. The lowest BCUT2D eigenvalue weighted by Crippen LogP contribution is -1.95. The fourth-order valence-corrected chi connectivity index (χ4v) is 4.22. The van der Waals surface area contributed by atoms with E-state index in [1.54, 1.807) is 6.20 Å². The van der Waals surface area contributed by atoms with E-state index in [0.29, 0.717) is 22.6 Å². The van der Waals surface area contributed by atoms with Crippen molar-refractivity contribution < 1.29 is 8.81 Å². The van der Waals surface area contributed by atoms with E-state index in [-0.39, 0.29) is 5.82 Å². The molecule has 4 heteroatoms. The molecule has 0 aliphatic rings. The Morgan fingerprint density at radius 1 is 0.828 bits per heavy atom. The van der Waals surface area contributed by atoms with Gasteiger partial charge < -0.3 is 4.42 Å². The molecule has 0 bridgehead atoms. The summed E-state index contributed by atoms with van der Waals surface area (Å²) in [6.07, 6.45) is 3.00. The van der Waals surface area contributed by atoms with E-state index in [9.17, 15) is 4.39 Å². The van der Waals surface area contributed by atoms with Gasteiger partial charge in [-0.2, -0.15) is 0 Å². The smallest absolute Gasteiger partial charge is 0.227 e. The summed E-state index contributed by atoms with van der Waals surface area (Å²) in [5.74, 6) is -0.331. The van der Waals surface area contributed by atoms with Crippen molar-refractivity contribution in [2.45, 2.75) is 20.8 Å². The monoisotopic (exact) mass is 382 g/mol. The molecule has 0 saturated heterocycles. The van der Waals surface area contributed by atoms with Crippen molar-refractivity contribution in [2.75, 3.05) is 0 Å². The van der Waals surface area contributed by atoms with Crippen LogP contribution in [-0.2, 0) is 0 Å². The third kappa shape index (κ3) is 2.80. The van der Waals surface area contributed by atoms with Crippen LogP contribution in [0.3, 0.4) is 0 Å². The summed E-state index contributed by atoms with van der Waals surface area (Å²) < 4.78 is 20.8. The molecule has 3 heterocycles. The zero-order chi connectivity index (χ0) is 20.1. The molecule has 29 heavy (non-hydrogen) atoms. The van der Waals surface area contributed by atoms with Crippen molar-refractivity contribution in [1.29, 1.82) is 0 Å². The number of halogens is 1. The highest BCUT2D eigenvalue weighted by Crippen LogP contribution is 2.37. The molecule has 0 atom stereocenters. The Kier molecular flexibility index (Phi) is 3.95. The van der Waals surface area contributed by atoms with Crippen LogP contribution >= 0.6 is 0 Å². The van der Waals surface area contributed by atoms with Gasteiger partial charge in [-0.25, -0.2) is 9.37 Å². The SMILES string of the molecule is Cc1cc(C)c(-c2cc(-c3cccc4c3oc3ncccc34)ncc2F)c(C)c1. The lowest BCUT2D eigenvalue weighted by molar-refractivity contribution is 0.625. The minimum atomic E-state index is -0.331. The molecule has 5 aromatic rings. The normalized spacial score (nSPS) is 11.4. The number of rotatable bonds is 2. The molecule has 0 spiro atoms. The van der Waals surface area contributed by atoms with Gasteiger partial charge in [0.1, 0.15) is 11.4 Å². The average molecular weight is 382 g/mol. The number of aryl methyl sites for hydroxylation is 3. The topological polar surface area (TPSA) is 38.9 Å². The fourth-order valence-electron chi connectivity index (χ4n) is 4.22. The molecular formula is C25H19FN2O. The molecule has 3 nitrogen and oxygen atoms in total. The summed E-state index contributed by atoms with van der Waals surface area (Å²) >= 11 is 0. The van der Waals surface area contributed by atoms with Gasteiger partial charge in [0, 0.05) is 28.1 Å². The zero-order valence-corrected chi connectivity index (χ0v) is 16.5. The zero-order valence-electron chi connectivity index (χ0n) is 16.5. The van der Waals surface area contributed by atoms with Crippen LogP contribution in [0.4, 0.5) is 4.39 Å². The first kappa shape index (κ1) is 17.6. The van der Waals surface area contributed by atoms with Gasteiger partial charge in [0.25, 0.3) is 0 Å². The second-order valence-electron chi connectivity index (χ2n) is 7.46. The molecule has 2 aromatic carbocycles. The lowest BCUT2D eigenvalue weighted by Gasteiger charge is -2.13. The maximum Gasteiger partial charge on any atom is 0.227 e. The number of para-hydroxylation sites is 1. The molecule has 0 aliphatic carbocycles. The number of hydrogen-bond acceptors (Lipinski definition) is 3. The van der Waals surface area contributed by atoms with E-state index in [4.69, 9.17) is 4.42 Å². The van der Waals surface area contributed by atoms with Gasteiger partial charge in [0.15, 0.2) is 0 Å². The Hall–Kier alpha value is -3.53. The number of pyridine rings is 2. The molecule has 0 radical (unpaired) electrons. The van der Waals surface area contributed by atoms with Gasteiger partial charge in [0.2, 0.25) is 5.71 Å². The van der Waals surface area contributed by atoms with E-state index in [2.05, 4.69) is 29.0 Å². The highest BCUT2D eigenvalue weighted by molar-refractivity contribution is 6.08. The third-order valence-corrected chi connectivity index (χ3v) is 5.35. The van der Waals surface area contributed by atoms with E-state index in [1.165, 1.54) is 6.20 Å². The van der Waals surface area contributed by atoms with Crippen LogP contribution in [0.15, 0.2) is 65.3 Å². The number of aromatic nitrogens is 2. The number of nitrogens with zero attached hydrogens (tertiary/aromatic N) is 2. The van der Waals surface area contributed by atoms with Crippen LogP contribution in [0.2, 0.25) is 0 Å². The highest BCUT2D eigenvalue weighted by Gasteiger charge is 2.17. The first-order chi connectivity index (χ1) is 14.0. The van der Waals surface area contributed by atoms with Crippen LogP contribution in [0.25, 0.3) is 44.5 Å². The van der Waals surface area contributed by atoms with E-state index in [0.717, 1.165) is 38.6 Å².